The van der Waals surface area contributed by atoms with E-state index in [4.69, 9.17) is 14.5 Å². The first-order chi connectivity index (χ1) is 9.79. The lowest BCUT2D eigenvalue weighted by Crippen LogP contribution is -2.19. The summed E-state index contributed by atoms with van der Waals surface area (Å²) in [5.74, 6) is 0.314. The van der Waals surface area contributed by atoms with E-state index in [0.717, 1.165) is 37.9 Å². The Morgan fingerprint density at radius 2 is 1.85 bits per heavy atom. The van der Waals surface area contributed by atoms with Crippen molar-refractivity contribution in [3.8, 4) is 5.75 Å². The topological polar surface area (TPSA) is 44.8 Å². The smallest absolute Gasteiger partial charge is 0.373 e. The van der Waals surface area contributed by atoms with Crippen molar-refractivity contribution in [3.63, 3.8) is 0 Å². The molecule has 0 aliphatic heterocycles. The van der Waals surface area contributed by atoms with E-state index in [-0.39, 0.29) is 6.10 Å². The number of ether oxygens (including phenoxy) is 1. The molecule has 2 rings (SSSR count). The summed E-state index contributed by atoms with van der Waals surface area (Å²) in [5.41, 5.74) is 0.477. The molecule has 1 saturated carbocycles. The standard InChI is InChI=1S/C16H22O4/c1-2-12-18-14-10-8-13(9-11-14)16(17)20-19-15-6-4-3-5-7-15/h8-11,15H,2-7,12H2,1H3. The molecule has 0 bridgehead atoms. The minimum Gasteiger partial charge on any atom is -0.494 e. The van der Waals surface area contributed by atoms with E-state index in [1.54, 1.807) is 24.3 Å². The molecule has 0 N–H and O–H groups in total. The van der Waals surface area contributed by atoms with Crippen LogP contribution in [0.2, 0.25) is 0 Å². The van der Waals surface area contributed by atoms with Gasteiger partial charge in [-0.25, -0.2) is 4.79 Å². The van der Waals surface area contributed by atoms with Crippen molar-refractivity contribution in [2.75, 3.05) is 6.61 Å². The van der Waals surface area contributed by atoms with Crippen molar-refractivity contribution in [2.24, 2.45) is 0 Å². The van der Waals surface area contributed by atoms with E-state index in [1.165, 1.54) is 6.42 Å². The lowest BCUT2D eigenvalue weighted by Gasteiger charge is -2.19. The van der Waals surface area contributed by atoms with Gasteiger partial charge in [-0.3, -0.25) is 4.89 Å². The maximum atomic E-state index is 11.8. The van der Waals surface area contributed by atoms with Gasteiger partial charge in [-0.1, -0.05) is 26.2 Å². The average Bonchev–Trinajstić information content (AvgIpc) is 2.52. The normalized spacial score (nSPS) is 15.8. The molecule has 4 heteroatoms. The molecule has 0 aromatic heterocycles. The fourth-order valence-electron chi connectivity index (χ4n) is 2.23. The summed E-state index contributed by atoms with van der Waals surface area (Å²) in [5, 5.41) is 0. The van der Waals surface area contributed by atoms with Gasteiger partial charge in [-0.05, 0) is 43.5 Å². The van der Waals surface area contributed by atoms with E-state index in [1.807, 2.05) is 6.92 Å². The minimum atomic E-state index is -0.447. The molecule has 1 aliphatic carbocycles. The zero-order valence-corrected chi connectivity index (χ0v) is 12.0. The van der Waals surface area contributed by atoms with Crippen LogP contribution < -0.4 is 4.74 Å². The largest absolute Gasteiger partial charge is 0.494 e. The average molecular weight is 278 g/mol. The molecule has 20 heavy (non-hydrogen) atoms. The highest BCUT2D eigenvalue weighted by Gasteiger charge is 2.17. The molecule has 0 saturated heterocycles. The molecule has 0 spiro atoms. The maximum absolute atomic E-state index is 11.8. The highest BCUT2D eigenvalue weighted by molar-refractivity contribution is 5.89. The number of hydrogen-bond donors (Lipinski definition) is 0. The molecule has 0 radical (unpaired) electrons. The predicted octanol–water partition coefficient (Wildman–Crippen LogP) is 3.90. The molecule has 0 atom stereocenters. The summed E-state index contributed by atoms with van der Waals surface area (Å²) < 4.78 is 5.46. The van der Waals surface area contributed by atoms with E-state index in [0.29, 0.717) is 12.2 Å². The van der Waals surface area contributed by atoms with Gasteiger partial charge in [0.2, 0.25) is 0 Å². The summed E-state index contributed by atoms with van der Waals surface area (Å²) in [4.78, 5) is 21.9. The Morgan fingerprint density at radius 1 is 1.15 bits per heavy atom. The first kappa shape index (κ1) is 14.9. The maximum Gasteiger partial charge on any atom is 0.373 e. The molecular weight excluding hydrogens is 256 g/mol. The van der Waals surface area contributed by atoms with Crippen molar-refractivity contribution < 1.29 is 19.3 Å². The third-order valence-electron chi connectivity index (χ3n) is 3.37. The van der Waals surface area contributed by atoms with Gasteiger partial charge in [0.15, 0.2) is 0 Å². The highest BCUT2D eigenvalue weighted by atomic mass is 17.2. The van der Waals surface area contributed by atoms with Gasteiger partial charge in [-0.2, -0.15) is 4.89 Å². The second-order valence-electron chi connectivity index (χ2n) is 5.10. The van der Waals surface area contributed by atoms with Crippen LogP contribution in [0, 0.1) is 0 Å². The van der Waals surface area contributed by atoms with Crippen LogP contribution in [0.4, 0.5) is 0 Å². The molecule has 110 valence electrons. The van der Waals surface area contributed by atoms with Gasteiger partial charge >= 0.3 is 5.97 Å². The fourth-order valence-corrected chi connectivity index (χ4v) is 2.23. The Balaban J connectivity index is 1.79. The third kappa shape index (κ3) is 4.53. The molecule has 0 amide bonds. The summed E-state index contributed by atoms with van der Waals surface area (Å²) >= 11 is 0. The van der Waals surface area contributed by atoms with Crippen molar-refractivity contribution >= 4 is 5.97 Å². The summed E-state index contributed by atoms with van der Waals surface area (Å²) in [7, 11) is 0. The quantitative estimate of drug-likeness (QED) is 0.585. The molecule has 1 aliphatic rings. The van der Waals surface area contributed by atoms with Crippen LogP contribution >= 0.6 is 0 Å². The second kappa shape index (κ2) is 7.90. The Labute approximate surface area is 120 Å². The number of rotatable bonds is 6. The zero-order valence-electron chi connectivity index (χ0n) is 12.0. The molecule has 1 fully saturated rings. The van der Waals surface area contributed by atoms with Crippen molar-refractivity contribution in [1.29, 1.82) is 0 Å². The van der Waals surface area contributed by atoms with Gasteiger partial charge in [0.05, 0.1) is 12.2 Å². The molecular formula is C16H22O4. The van der Waals surface area contributed by atoms with Crippen LogP contribution in [-0.2, 0) is 9.78 Å². The molecule has 4 nitrogen and oxygen atoms in total. The Kier molecular flexibility index (Phi) is 5.87. The molecule has 0 heterocycles. The van der Waals surface area contributed by atoms with Crippen LogP contribution in [0.5, 0.6) is 5.75 Å². The van der Waals surface area contributed by atoms with E-state index < -0.39 is 5.97 Å². The van der Waals surface area contributed by atoms with E-state index >= 15 is 0 Å². The van der Waals surface area contributed by atoms with Crippen LogP contribution in [0.15, 0.2) is 24.3 Å². The number of carbonyl (C=O) groups is 1. The summed E-state index contributed by atoms with van der Waals surface area (Å²) in [6.07, 6.45) is 6.48. The molecule has 1 aromatic rings. The second-order valence-corrected chi connectivity index (χ2v) is 5.10. The van der Waals surface area contributed by atoms with Gasteiger partial charge in [0.25, 0.3) is 0 Å². The summed E-state index contributed by atoms with van der Waals surface area (Å²) in [6, 6.07) is 6.93. The van der Waals surface area contributed by atoms with Gasteiger partial charge in [0.1, 0.15) is 11.9 Å². The fraction of sp³-hybridized carbons (Fsp3) is 0.562. The van der Waals surface area contributed by atoms with E-state index in [9.17, 15) is 4.79 Å². The van der Waals surface area contributed by atoms with Crippen LogP contribution in [0.1, 0.15) is 55.8 Å². The van der Waals surface area contributed by atoms with Crippen LogP contribution in [-0.4, -0.2) is 18.7 Å². The van der Waals surface area contributed by atoms with Crippen molar-refractivity contribution in [3.05, 3.63) is 29.8 Å². The number of carbonyl (C=O) groups excluding carboxylic acids is 1. The highest BCUT2D eigenvalue weighted by Crippen LogP contribution is 2.21. The zero-order chi connectivity index (χ0) is 14.2. The summed E-state index contributed by atoms with van der Waals surface area (Å²) in [6.45, 7) is 2.73. The van der Waals surface area contributed by atoms with E-state index in [2.05, 4.69) is 0 Å². The SMILES string of the molecule is CCCOc1ccc(C(=O)OOC2CCCCC2)cc1. The van der Waals surface area contributed by atoms with Crippen LogP contribution in [0.3, 0.4) is 0 Å². The monoisotopic (exact) mass is 278 g/mol. The first-order valence-electron chi connectivity index (χ1n) is 7.40. The minimum absolute atomic E-state index is 0.0554. The Hall–Kier alpha value is -1.55. The van der Waals surface area contributed by atoms with Crippen LogP contribution in [0.25, 0.3) is 0 Å². The number of benzene rings is 1. The van der Waals surface area contributed by atoms with Crippen molar-refractivity contribution in [2.45, 2.75) is 51.6 Å². The number of hydrogen-bond acceptors (Lipinski definition) is 4. The molecule has 0 unspecified atom stereocenters. The van der Waals surface area contributed by atoms with Gasteiger partial charge in [0, 0.05) is 0 Å². The third-order valence-corrected chi connectivity index (χ3v) is 3.37. The first-order valence-corrected chi connectivity index (χ1v) is 7.40. The lowest BCUT2D eigenvalue weighted by molar-refractivity contribution is -0.279. The van der Waals surface area contributed by atoms with Gasteiger partial charge in [-0.15, -0.1) is 0 Å². The predicted molar refractivity (Wildman–Crippen MR) is 75.6 cm³/mol. The van der Waals surface area contributed by atoms with Crippen molar-refractivity contribution in [1.82, 2.24) is 0 Å². The Morgan fingerprint density at radius 3 is 2.50 bits per heavy atom. The van der Waals surface area contributed by atoms with Gasteiger partial charge < -0.3 is 4.74 Å². The Bertz CT molecular complexity index is 407. The molecule has 1 aromatic carbocycles. The lowest BCUT2D eigenvalue weighted by atomic mass is 9.98.